The van der Waals surface area contributed by atoms with E-state index in [0.717, 1.165) is 33.3 Å². The van der Waals surface area contributed by atoms with E-state index in [1.54, 1.807) is 24.3 Å². The zero-order valence-corrected chi connectivity index (χ0v) is 37.0. The van der Waals surface area contributed by atoms with E-state index in [1.165, 1.54) is 14.0 Å². The first-order chi connectivity index (χ1) is 28.1. The first-order valence-corrected chi connectivity index (χ1v) is 22.5. The average molecular weight is 863 g/mol. The minimum absolute atomic E-state index is 0.0157. The standard InChI is InChI=1S/C42H58O17Si/c1-24(43)50-22-32-34(53-25(2)44)35(54-26(3)45)36(55-27(4)46)39(58-32)52-23-33-37(51-21-29-15-13-12-14-16-29)42(48,60(10,11)41(6,7)8)38(56-28(5)47)40(59-33)57-31-19-17-30(49-9)18-20-31/h12-20,32-40,48H,21-23H2,1-11H3/t32-,33-,34-,35+,36-,37-,38+,39-,40-,42-/m1/s1. The molecule has 0 spiro atoms. The summed E-state index contributed by atoms with van der Waals surface area (Å²) < 4.78 is 65.6. The molecule has 10 atom stereocenters. The lowest BCUT2D eigenvalue weighted by molar-refractivity contribution is -0.335. The van der Waals surface area contributed by atoms with Gasteiger partial charge in [-0.3, -0.25) is 24.0 Å². The summed E-state index contributed by atoms with van der Waals surface area (Å²) in [7, 11) is -1.69. The number of methoxy groups -OCH3 is 1. The highest BCUT2D eigenvalue weighted by atomic mass is 28.3. The number of benzene rings is 2. The van der Waals surface area contributed by atoms with Crippen LogP contribution in [0.1, 0.15) is 61.0 Å². The maximum atomic E-state index is 13.6. The highest BCUT2D eigenvalue weighted by molar-refractivity contribution is 6.83. The summed E-state index contributed by atoms with van der Waals surface area (Å²) in [5.41, 5.74) is 0.759. The van der Waals surface area contributed by atoms with Crippen molar-refractivity contribution in [2.75, 3.05) is 20.3 Å². The van der Waals surface area contributed by atoms with Gasteiger partial charge >= 0.3 is 29.8 Å². The van der Waals surface area contributed by atoms with Crippen LogP contribution in [0.15, 0.2) is 54.6 Å². The molecule has 4 rings (SSSR count). The monoisotopic (exact) mass is 862 g/mol. The molecule has 2 aliphatic rings. The number of carbonyl (C=O) groups is 5. The minimum atomic E-state index is -3.20. The summed E-state index contributed by atoms with van der Waals surface area (Å²) in [5.74, 6) is -2.99. The highest BCUT2D eigenvalue weighted by Gasteiger charge is 2.69. The molecule has 2 aromatic carbocycles. The Balaban J connectivity index is 1.87. The molecule has 2 aliphatic heterocycles. The normalized spacial score (nSPS) is 28.1. The Labute approximate surface area is 351 Å². The van der Waals surface area contributed by atoms with Crippen LogP contribution in [-0.4, -0.2) is 124 Å². The third kappa shape index (κ3) is 11.6. The molecule has 2 fully saturated rings. The molecule has 0 unspecified atom stereocenters. The zero-order valence-electron chi connectivity index (χ0n) is 36.0. The van der Waals surface area contributed by atoms with Crippen molar-refractivity contribution in [1.82, 2.24) is 0 Å². The number of rotatable bonds is 16. The molecule has 0 aromatic heterocycles. The number of ether oxygens (including phenoxy) is 11. The summed E-state index contributed by atoms with van der Waals surface area (Å²) in [5, 5.41) is 11.0. The Morgan fingerprint density at radius 1 is 0.650 bits per heavy atom. The maximum absolute atomic E-state index is 13.6. The van der Waals surface area contributed by atoms with Gasteiger partial charge in [-0.15, -0.1) is 0 Å². The van der Waals surface area contributed by atoms with Crippen LogP contribution < -0.4 is 9.47 Å². The first kappa shape index (κ1) is 48.1. The van der Waals surface area contributed by atoms with Crippen molar-refractivity contribution in [1.29, 1.82) is 0 Å². The number of hydrogen-bond donors (Lipinski definition) is 1. The first-order valence-electron chi connectivity index (χ1n) is 19.5. The van der Waals surface area contributed by atoms with Crippen LogP contribution in [-0.2, 0) is 73.2 Å². The molecule has 0 aliphatic carbocycles. The van der Waals surface area contributed by atoms with E-state index in [0.29, 0.717) is 11.5 Å². The Morgan fingerprint density at radius 3 is 1.72 bits per heavy atom. The quantitative estimate of drug-likeness (QED) is 0.143. The van der Waals surface area contributed by atoms with Gasteiger partial charge in [0.2, 0.25) is 6.29 Å². The van der Waals surface area contributed by atoms with Crippen LogP contribution in [0, 0.1) is 0 Å². The summed E-state index contributed by atoms with van der Waals surface area (Å²) in [6.45, 7) is 14.6. The van der Waals surface area contributed by atoms with Gasteiger partial charge in [0.05, 0.1) is 28.4 Å². The van der Waals surface area contributed by atoms with Gasteiger partial charge in [0.15, 0.2) is 30.7 Å². The van der Waals surface area contributed by atoms with E-state index in [1.807, 2.05) is 64.2 Å². The Morgan fingerprint density at radius 2 is 1.18 bits per heavy atom. The minimum Gasteiger partial charge on any atom is -0.497 e. The second-order valence-electron chi connectivity index (χ2n) is 16.2. The lowest BCUT2D eigenvalue weighted by atomic mass is 9.96. The smallest absolute Gasteiger partial charge is 0.303 e. The number of esters is 5. The van der Waals surface area contributed by atoms with Crippen LogP contribution in [0.25, 0.3) is 0 Å². The van der Waals surface area contributed by atoms with Gasteiger partial charge < -0.3 is 57.2 Å². The summed E-state index contributed by atoms with van der Waals surface area (Å²) in [4.78, 5) is 62.2. The third-order valence-corrected chi connectivity index (χ3v) is 17.2. The van der Waals surface area contributed by atoms with Crippen LogP contribution in [0.3, 0.4) is 0 Å². The van der Waals surface area contributed by atoms with Gasteiger partial charge in [-0.25, -0.2) is 0 Å². The zero-order chi connectivity index (χ0) is 44.6. The van der Waals surface area contributed by atoms with E-state index in [9.17, 15) is 29.1 Å². The fourth-order valence-corrected chi connectivity index (χ4v) is 10.2. The van der Waals surface area contributed by atoms with Crippen molar-refractivity contribution in [3.63, 3.8) is 0 Å². The Bertz CT molecular complexity index is 1780. The van der Waals surface area contributed by atoms with E-state index in [4.69, 9.17) is 52.1 Å². The fraction of sp³-hybridized carbons (Fsp3) is 0.595. The number of carbonyl (C=O) groups excluding carboxylic acids is 5. The second-order valence-corrected chi connectivity index (χ2v) is 21.7. The van der Waals surface area contributed by atoms with Crippen molar-refractivity contribution < 1.29 is 81.2 Å². The van der Waals surface area contributed by atoms with Crippen molar-refractivity contribution in [2.45, 2.75) is 141 Å². The molecule has 2 heterocycles. The molecule has 0 radical (unpaired) electrons. The molecule has 332 valence electrons. The predicted octanol–water partition coefficient (Wildman–Crippen LogP) is 4.19. The number of aliphatic hydroxyl groups is 1. The van der Waals surface area contributed by atoms with E-state index in [2.05, 4.69) is 0 Å². The topological polar surface area (TPSA) is 207 Å². The fourth-order valence-electron chi connectivity index (χ4n) is 7.12. The molecule has 0 bridgehead atoms. The lowest BCUT2D eigenvalue weighted by Gasteiger charge is -2.59. The average Bonchev–Trinajstić information content (AvgIpc) is 3.15. The molecular formula is C42H58O17Si. The lowest BCUT2D eigenvalue weighted by Crippen LogP contribution is -2.80. The molecule has 18 heteroatoms. The van der Waals surface area contributed by atoms with Gasteiger partial charge in [0, 0.05) is 34.6 Å². The van der Waals surface area contributed by atoms with E-state index >= 15 is 0 Å². The Hall–Kier alpha value is -4.59. The van der Waals surface area contributed by atoms with Crippen molar-refractivity contribution in [3.05, 3.63) is 60.2 Å². The number of hydrogen-bond acceptors (Lipinski definition) is 17. The van der Waals surface area contributed by atoms with Crippen molar-refractivity contribution in [2.24, 2.45) is 0 Å². The maximum Gasteiger partial charge on any atom is 0.303 e. The second kappa shape index (κ2) is 20.3. The molecule has 17 nitrogen and oxygen atoms in total. The van der Waals surface area contributed by atoms with Crippen molar-refractivity contribution >= 4 is 37.9 Å². The largest absolute Gasteiger partial charge is 0.497 e. The summed E-state index contributed by atoms with van der Waals surface area (Å²) >= 11 is 0. The molecule has 0 amide bonds. The molecule has 60 heavy (non-hydrogen) atoms. The summed E-state index contributed by atoms with van der Waals surface area (Å²) in [6.07, 6.45) is -12.8. The van der Waals surface area contributed by atoms with Gasteiger partial charge in [-0.2, -0.15) is 0 Å². The van der Waals surface area contributed by atoms with E-state index < -0.39 is 117 Å². The third-order valence-electron chi connectivity index (χ3n) is 10.9. The van der Waals surface area contributed by atoms with Crippen molar-refractivity contribution in [3.8, 4) is 11.5 Å². The van der Waals surface area contributed by atoms with Gasteiger partial charge in [-0.05, 0) is 34.9 Å². The van der Waals surface area contributed by atoms with Gasteiger partial charge in [0.25, 0.3) is 0 Å². The van der Waals surface area contributed by atoms with Crippen LogP contribution in [0.2, 0.25) is 18.1 Å². The molecule has 1 N–H and O–H groups in total. The predicted molar refractivity (Wildman–Crippen MR) is 213 cm³/mol. The molecule has 0 saturated carbocycles. The van der Waals surface area contributed by atoms with Crippen LogP contribution in [0.5, 0.6) is 11.5 Å². The summed E-state index contributed by atoms with van der Waals surface area (Å²) in [6, 6.07) is 15.8. The molecule has 2 aromatic rings. The molecular weight excluding hydrogens is 805 g/mol. The Kier molecular flexibility index (Phi) is 16.3. The van der Waals surface area contributed by atoms with E-state index in [-0.39, 0.29) is 6.61 Å². The van der Waals surface area contributed by atoms with Crippen LogP contribution >= 0.6 is 0 Å². The highest BCUT2D eigenvalue weighted by Crippen LogP contribution is 2.51. The molecule has 2 saturated heterocycles. The van der Waals surface area contributed by atoms with Gasteiger partial charge in [-0.1, -0.05) is 64.2 Å². The van der Waals surface area contributed by atoms with Crippen LogP contribution in [0.4, 0.5) is 0 Å². The SMILES string of the molecule is COc1ccc(O[C@@H]2O[C@H](CO[C@@H]3O[C@H](COC(C)=O)[C@@H](OC(C)=O)[C@H](OC(C)=O)[C@H]3OC(C)=O)[C@@H](OCc3ccccc3)[C@@](O)([Si](C)(C)C(C)(C)C)[C@H]2OC(C)=O)cc1. The van der Waals surface area contributed by atoms with Gasteiger partial charge in [0.1, 0.15) is 41.6 Å².